The van der Waals surface area contributed by atoms with Gasteiger partial charge in [0.1, 0.15) is 0 Å². The third kappa shape index (κ3) is 3.60. The second-order valence-corrected chi connectivity index (χ2v) is 3.60. The molecule has 0 radical (unpaired) electrons. The van der Waals surface area contributed by atoms with Crippen molar-refractivity contribution in [2.45, 2.75) is 19.9 Å². The van der Waals surface area contributed by atoms with E-state index in [1.807, 2.05) is 6.92 Å². The van der Waals surface area contributed by atoms with Gasteiger partial charge < -0.3 is 15.2 Å². The lowest BCUT2D eigenvalue weighted by Crippen LogP contribution is -2.19. The largest absolute Gasteiger partial charge is 0.487 e. The van der Waals surface area contributed by atoms with Crippen molar-refractivity contribution in [3.05, 3.63) is 28.3 Å². The molecule has 0 unspecified atom stereocenters. The fourth-order valence-corrected chi connectivity index (χ4v) is 1.36. The van der Waals surface area contributed by atoms with Gasteiger partial charge in [-0.15, -0.1) is 0 Å². The van der Waals surface area contributed by atoms with E-state index in [0.29, 0.717) is 12.3 Å². The molecule has 1 atom stereocenters. The Hall–Kier alpha value is -1.82. The lowest BCUT2D eigenvalue weighted by Gasteiger charge is -2.13. The molecule has 1 rings (SSSR count). The minimum Gasteiger partial charge on any atom is -0.487 e. The van der Waals surface area contributed by atoms with Crippen LogP contribution >= 0.6 is 0 Å². The number of hydrogen-bond donors (Lipinski definition) is 2. The number of nitrogens with one attached hydrogen (secondary N) is 1. The van der Waals surface area contributed by atoms with Crippen LogP contribution < -0.4 is 10.1 Å². The number of nitro groups is 1. The molecule has 17 heavy (non-hydrogen) atoms. The molecule has 0 heterocycles. The predicted molar refractivity (Wildman–Crippen MR) is 64.4 cm³/mol. The summed E-state index contributed by atoms with van der Waals surface area (Å²) in [6.45, 7) is 3.92. The zero-order valence-electron chi connectivity index (χ0n) is 9.84. The maximum Gasteiger partial charge on any atom is 0.311 e. The van der Waals surface area contributed by atoms with Gasteiger partial charge in [0.2, 0.25) is 0 Å². The molecule has 6 nitrogen and oxygen atoms in total. The molecular formula is C11H16N2O4. The van der Waals surface area contributed by atoms with E-state index < -0.39 is 4.92 Å². The summed E-state index contributed by atoms with van der Waals surface area (Å²) in [5.74, 6) is 0.229. The van der Waals surface area contributed by atoms with Crippen molar-refractivity contribution in [2.75, 3.05) is 18.5 Å². The van der Waals surface area contributed by atoms with Crippen LogP contribution in [0.2, 0.25) is 0 Å². The zero-order chi connectivity index (χ0) is 12.8. The van der Waals surface area contributed by atoms with E-state index in [1.54, 1.807) is 19.1 Å². The Bertz CT molecular complexity index is 395. The van der Waals surface area contributed by atoms with Gasteiger partial charge in [0.25, 0.3) is 0 Å². The van der Waals surface area contributed by atoms with Gasteiger partial charge in [0.15, 0.2) is 5.75 Å². The molecule has 0 bridgehead atoms. The number of aliphatic hydroxyl groups is 1. The number of nitro benzene ring substituents is 1. The summed E-state index contributed by atoms with van der Waals surface area (Å²) in [6, 6.07) is 4.42. The number of hydrogen-bond acceptors (Lipinski definition) is 5. The Morgan fingerprint density at radius 1 is 1.59 bits per heavy atom. The smallest absolute Gasteiger partial charge is 0.311 e. The third-order valence-corrected chi connectivity index (χ3v) is 2.14. The van der Waals surface area contributed by atoms with Crippen LogP contribution in [-0.2, 0) is 0 Å². The Morgan fingerprint density at radius 2 is 2.29 bits per heavy atom. The van der Waals surface area contributed by atoms with Crippen LogP contribution in [0.25, 0.3) is 0 Å². The lowest BCUT2D eigenvalue weighted by molar-refractivity contribution is -0.385. The highest BCUT2D eigenvalue weighted by Gasteiger charge is 2.15. The van der Waals surface area contributed by atoms with Crippen molar-refractivity contribution < 1.29 is 14.8 Å². The maximum atomic E-state index is 10.8. The molecule has 0 aromatic heterocycles. The first-order valence-corrected chi connectivity index (χ1v) is 5.37. The normalized spacial score (nSPS) is 11.9. The first-order valence-electron chi connectivity index (χ1n) is 5.37. The summed E-state index contributed by atoms with van der Waals surface area (Å²) in [5.41, 5.74) is 0.620. The van der Waals surface area contributed by atoms with Gasteiger partial charge in [-0.3, -0.25) is 10.1 Å². The van der Waals surface area contributed by atoms with Gasteiger partial charge in [-0.1, -0.05) is 0 Å². The van der Waals surface area contributed by atoms with E-state index in [2.05, 4.69) is 5.32 Å². The minimum atomic E-state index is -0.482. The molecule has 0 aliphatic carbocycles. The number of rotatable bonds is 6. The van der Waals surface area contributed by atoms with Crippen molar-refractivity contribution >= 4 is 11.4 Å². The number of benzene rings is 1. The SMILES string of the molecule is CCOc1cc(N[C@@H](C)CO)ccc1[N+](=O)[O-]. The summed E-state index contributed by atoms with van der Waals surface area (Å²) in [6.07, 6.45) is 0. The van der Waals surface area contributed by atoms with Gasteiger partial charge in [0, 0.05) is 23.9 Å². The van der Waals surface area contributed by atoms with E-state index in [-0.39, 0.29) is 24.1 Å². The van der Waals surface area contributed by atoms with Crippen molar-refractivity contribution in [1.29, 1.82) is 0 Å². The maximum absolute atomic E-state index is 10.8. The predicted octanol–water partition coefficient (Wildman–Crippen LogP) is 1.79. The van der Waals surface area contributed by atoms with Gasteiger partial charge in [0.05, 0.1) is 18.1 Å². The van der Waals surface area contributed by atoms with Crippen LogP contribution in [-0.4, -0.2) is 29.3 Å². The molecule has 0 aliphatic heterocycles. The summed E-state index contributed by atoms with van der Waals surface area (Å²) in [5, 5.41) is 22.7. The van der Waals surface area contributed by atoms with Gasteiger partial charge in [-0.2, -0.15) is 0 Å². The highest BCUT2D eigenvalue weighted by molar-refractivity contribution is 5.58. The molecule has 0 saturated carbocycles. The summed E-state index contributed by atoms with van der Waals surface area (Å²) < 4.78 is 5.21. The number of anilines is 1. The fourth-order valence-electron chi connectivity index (χ4n) is 1.36. The van der Waals surface area contributed by atoms with Gasteiger partial charge in [-0.05, 0) is 19.9 Å². The van der Waals surface area contributed by atoms with E-state index in [0.717, 1.165) is 0 Å². The quantitative estimate of drug-likeness (QED) is 0.585. The Balaban J connectivity index is 2.96. The Labute approximate surface area is 99.4 Å². The van der Waals surface area contributed by atoms with Crippen molar-refractivity contribution in [3.8, 4) is 5.75 Å². The van der Waals surface area contributed by atoms with Crippen molar-refractivity contribution in [1.82, 2.24) is 0 Å². The minimum absolute atomic E-state index is 0.0129. The second kappa shape index (κ2) is 6.05. The van der Waals surface area contributed by atoms with E-state index in [1.165, 1.54) is 6.07 Å². The molecule has 0 fully saturated rings. The number of nitrogens with zero attached hydrogens (tertiary/aromatic N) is 1. The molecule has 1 aromatic rings. The van der Waals surface area contributed by atoms with Crippen LogP contribution in [0, 0.1) is 10.1 Å². The average Bonchev–Trinajstić information content (AvgIpc) is 2.29. The van der Waals surface area contributed by atoms with Crippen LogP contribution in [0.5, 0.6) is 5.75 Å². The van der Waals surface area contributed by atoms with Crippen LogP contribution in [0.15, 0.2) is 18.2 Å². The number of aliphatic hydroxyl groups excluding tert-OH is 1. The molecule has 0 amide bonds. The first-order chi connectivity index (χ1) is 8.08. The number of ether oxygens (including phenoxy) is 1. The molecule has 6 heteroatoms. The van der Waals surface area contributed by atoms with Crippen LogP contribution in [0.1, 0.15) is 13.8 Å². The molecule has 2 N–H and O–H groups in total. The first kappa shape index (κ1) is 13.2. The van der Waals surface area contributed by atoms with Crippen LogP contribution in [0.4, 0.5) is 11.4 Å². The molecule has 0 saturated heterocycles. The standard InChI is InChI=1S/C11H16N2O4/c1-3-17-11-6-9(12-8(2)7-14)4-5-10(11)13(15)16/h4-6,8,12,14H,3,7H2,1-2H3/t8-/m0/s1. The third-order valence-electron chi connectivity index (χ3n) is 2.14. The Kier molecular flexibility index (Phi) is 4.71. The van der Waals surface area contributed by atoms with Crippen molar-refractivity contribution in [3.63, 3.8) is 0 Å². The average molecular weight is 240 g/mol. The monoisotopic (exact) mass is 240 g/mol. The van der Waals surface area contributed by atoms with Crippen molar-refractivity contribution in [2.24, 2.45) is 0 Å². The topological polar surface area (TPSA) is 84.6 Å². The zero-order valence-corrected chi connectivity index (χ0v) is 9.84. The molecule has 94 valence electrons. The highest BCUT2D eigenvalue weighted by Crippen LogP contribution is 2.30. The van der Waals surface area contributed by atoms with Gasteiger partial charge in [-0.25, -0.2) is 0 Å². The molecular weight excluding hydrogens is 224 g/mol. The molecule has 1 aromatic carbocycles. The Morgan fingerprint density at radius 3 is 2.82 bits per heavy atom. The highest BCUT2D eigenvalue weighted by atomic mass is 16.6. The summed E-state index contributed by atoms with van der Waals surface area (Å²) in [7, 11) is 0. The van der Waals surface area contributed by atoms with Crippen LogP contribution in [0.3, 0.4) is 0 Å². The second-order valence-electron chi connectivity index (χ2n) is 3.60. The molecule has 0 aliphatic rings. The fraction of sp³-hybridized carbons (Fsp3) is 0.455. The van der Waals surface area contributed by atoms with Gasteiger partial charge >= 0.3 is 5.69 Å². The summed E-state index contributed by atoms with van der Waals surface area (Å²) in [4.78, 5) is 10.3. The van der Waals surface area contributed by atoms with E-state index >= 15 is 0 Å². The van der Waals surface area contributed by atoms with E-state index in [9.17, 15) is 10.1 Å². The molecule has 0 spiro atoms. The van der Waals surface area contributed by atoms with E-state index in [4.69, 9.17) is 9.84 Å². The lowest BCUT2D eigenvalue weighted by atomic mass is 10.2. The summed E-state index contributed by atoms with van der Waals surface area (Å²) >= 11 is 0.